The van der Waals surface area contributed by atoms with Crippen molar-refractivity contribution in [3.8, 4) is 0 Å². The first-order chi connectivity index (χ1) is 22.7. The number of hydrogen-bond donors (Lipinski definition) is 3. The molecule has 1 aliphatic carbocycles. The van der Waals surface area contributed by atoms with Crippen molar-refractivity contribution in [3.05, 3.63) is 70.9 Å². The van der Waals surface area contributed by atoms with E-state index in [-0.39, 0.29) is 25.1 Å². The van der Waals surface area contributed by atoms with E-state index in [1.807, 2.05) is 18.2 Å². The fraction of sp³-hybridized carbons (Fsp3) is 0.500. The number of nitrogens with one attached hydrogen (secondary N) is 3. The maximum absolute atomic E-state index is 14.1. The molecule has 3 amide bonds. The highest BCUT2D eigenvalue weighted by molar-refractivity contribution is 5.99. The Hall–Kier alpha value is -3.91. The average molecular weight is 680 g/mol. The van der Waals surface area contributed by atoms with Crippen LogP contribution in [0.15, 0.2) is 48.7 Å². The molecule has 1 saturated carbocycles. The van der Waals surface area contributed by atoms with Crippen LogP contribution < -0.4 is 10.6 Å². The third kappa shape index (κ3) is 8.56. The van der Waals surface area contributed by atoms with Gasteiger partial charge in [-0.15, -0.1) is 0 Å². The van der Waals surface area contributed by atoms with E-state index < -0.39 is 59.4 Å². The van der Waals surface area contributed by atoms with Gasteiger partial charge in [0, 0.05) is 56.1 Å². The van der Waals surface area contributed by atoms with Crippen LogP contribution in [0.1, 0.15) is 61.3 Å². The first-order valence-corrected chi connectivity index (χ1v) is 16.1. The van der Waals surface area contributed by atoms with Crippen molar-refractivity contribution >= 4 is 28.6 Å². The average Bonchev–Trinajstić information content (AvgIpc) is 3.45. The number of alkyl halides is 6. The largest absolute Gasteiger partial charge is 0.416 e. The van der Waals surface area contributed by atoms with Gasteiger partial charge in [-0.3, -0.25) is 24.2 Å². The Balaban J connectivity index is 1.42. The van der Waals surface area contributed by atoms with Gasteiger partial charge < -0.3 is 15.6 Å². The number of imide groups is 1. The molecular weight excluding hydrogens is 640 g/mol. The molecule has 14 heteroatoms. The summed E-state index contributed by atoms with van der Waals surface area (Å²) < 4.78 is 81.4. The molecule has 1 aliphatic heterocycles. The Morgan fingerprint density at radius 3 is 2.29 bits per heavy atom. The lowest BCUT2D eigenvalue weighted by atomic mass is 9.82. The second kappa shape index (κ2) is 14.7. The number of aromatic amines is 1. The molecule has 8 nitrogen and oxygen atoms in total. The molecule has 1 aromatic heterocycles. The standard InChI is InChI=1S/C34H39F6N5O3/c1-21(46)45(19-22-13-25(33(35,36)37)16-26(14-22)34(38,39)40)32(48)29(15-24-17-42-28-10-6-5-9-27(24)28)43-31(47)20-44-12-11-41-18-30(44)23-7-3-2-4-8-23/h5-6,9-10,13-14,16-17,23,29-30,41-42H,2-4,7-8,11-12,15,18-20H2,1H3,(H,43,47). The normalized spacial score (nSPS) is 18.9. The molecule has 0 spiro atoms. The lowest BCUT2D eigenvalue weighted by molar-refractivity contribution is -0.147. The van der Waals surface area contributed by atoms with Crippen LogP contribution in [0.3, 0.4) is 0 Å². The summed E-state index contributed by atoms with van der Waals surface area (Å²) in [6.45, 7) is 2.16. The van der Waals surface area contributed by atoms with Gasteiger partial charge in [0.15, 0.2) is 0 Å². The number of H-pyrrole nitrogens is 1. The van der Waals surface area contributed by atoms with Crippen LogP contribution in [0.25, 0.3) is 10.9 Å². The number of amides is 3. The molecule has 1 saturated heterocycles. The summed E-state index contributed by atoms with van der Waals surface area (Å²) in [6, 6.07) is 6.98. The number of para-hydroxylation sites is 1. The highest BCUT2D eigenvalue weighted by Crippen LogP contribution is 2.37. The number of carbonyl (C=O) groups is 3. The highest BCUT2D eigenvalue weighted by atomic mass is 19.4. The predicted molar refractivity (Wildman–Crippen MR) is 166 cm³/mol. The molecule has 2 aromatic carbocycles. The zero-order valence-corrected chi connectivity index (χ0v) is 26.5. The van der Waals surface area contributed by atoms with E-state index in [1.165, 1.54) is 6.42 Å². The minimum atomic E-state index is -5.10. The Bertz CT molecular complexity index is 1580. The minimum Gasteiger partial charge on any atom is -0.361 e. The third-order valence-electron chi connectivity index (χ3n) is 9.31. The molecule has 260 valence electrons. The number of fused-ring (bicyclic) bond motifs is 1. The van der Waals surface area contributed by atoms with Crippen LogP contribution in [0.2, 0.25) is 0 Å². The van der Waals surface area contributed by atoms with Crippen LogP contribution in [-0.4, -0.2) is 70.8 Å². The number of aromatic nitrogens is 1. The molecule has 0 radical (unpaired) electrons. The van der Waals surface area contributed by atoms with E-state index in [1.54, 1.807) is 12.3 Å². The summed E-state index contributed by atoms with van der Waals surface area (Å²) in [6.07, 6.45) is -3.08. The zero-order chi connectivity index (χ0) is 34.6. The Morgan fingerprint density at radius 1 is 0.979 bits per heavy atom. The van der Waals surface area contributed by atoms with Gasteiger partial charge in [0.05, 0.1) is 24.2 Å². The van der Waals surface area contributed by atoms with Crippen molar-refractivity contribution in [3.63, 3.8) is 0 Å². The molecule has 3 aromatic rings. The van der Waals surface area contributed by atoms with Crippen molar-refractivity contribution in [1.29, 1.82) is 0 Å². The molecule has 0 bridgehead atoms. The van der Waals surface area contributed by atoms with Gasteiger partial charge in [0.1, 0.15) is 6.04 Å². The molecular formula is C34H39F6N5O3. The SMILES string of the molecule is CC(=O)N(Cc1cc(C(F)(F)F)cc(C(F)(F)F)c1)C(=O)C(Cc1c[nH]c2ccccc12)NC(=O)CN1CCNCC1C1CCCCC1. The first-order valence-electron chi connectivity index (χ1n) is 16.1. The maximum atomic E-state index is 14.1. The fourth-order valence-corrected chi connectivity index (χ4v) is 6.92. The minimum absolute atomic E-state index is 0.0108. The summed E-state index contributed by atoms with van der Waals surface area (Å²) in [7, 11) is 0. The van der Waals surface area contributed by atoms with Crippen molar-refractivity contribution in [2.75, 3.05) is 26.2 Å². The van der Waals surface area contributed by atoms with Crippen LogP contribution in [0, 0.1) is 5.92 Å². The van der Waals surface area contributed by atoms with E-state index in [9.17, 15) is 40.7 Å². The van der Waals surface area contributed by atoms with E-state index in [0.717, 1.165) is 50.1 Å². The van der Waals surface area contributed by atoms with Crippen molar-refractivity contribution in [2.24, 2.45) is 5.92 Å². The second-order valence-corrected chi connectivity index (χ2v) is 12.7. The van der Waals surface area contributed by atoms with Crippen LogP contribution in [-0.2, 0) is 39.7 Å². The number of halogens is 6. The second-order valence-electron chi connectivity index (χ2n) is 12.7. The van der Waals surface area contributed by atoms with Crippen LogP contribution in [0.5, 0.6) is 0 Å². The van der Waals surface area contributed by atoms with Crippen molar-refractivity contribution < 1.29 is 40.7 Å². The molecule has 48 heavy (non-hydrogen) atoms. The van der Waals surface area contributed by atoms with E-state index in [4.69, 9.17) is 0 Å². The summed E-state index contributed by atoms with van der Waals surface area (Å²) in [5.74, 6) is -1.90. The van der Waals surface area contributed by atoms with E-state index in [0.29, 0.717) is 41.6 Å². The molecule has 5 rings (SSSR count). The Labute approximate surface area is 274 Å². The predicted octanol–water partition coefficient (Wildman–Crippen LogP) is 5.66. The van der Waals surface area contributed by atoms with Gasteiger partial charge in [0.2, 0.25) is 11.8 Å². The number of carbonyl (C=O) groups excluding carboxylic acids is 3. The highest BCUT2D eigenvalue weighted by Gasteiger charge is 2.38. The van der Waals surface area contributed by atoms with Crippen molar-refractivity contribution in [2.45, 2.75) is 76.4 Å². The summed E-state index contributed by atoms with van der Waals surface area (Å²) in [4.78, 5) is 46.3. The topological polar surface area (TPSA) is 97.5 Å². The number of benzene rings is 2. The Kier molecular flexibility index (Phi) is 10.8. The molecule has 2 atom stereocenters. The van der Waals surface area contributed by atoms with E-state index >= 15 is 0 Å². The lowest BCUT2D eigenvalue weighted by Crippen LogP contribution is -2.58. The summed E-state index contributed by atoms with van der Waals surface area (Å²) >= 11 is 0. The fourth-order valence-electron chi connectivity index (χ4n) is 6.92. The molecule has 2 fully saturated rings. The maximum Gasteiger partial charge on any atom is 0.416 e. The number of hydrogen-bond acceptors (Lipinski definition) is 5. The molecule has 2 aliphatic rings. The Morgan fingerprint density at radius 2 is 1.65 bits per heavy atom. The van der Waals surface area contributed by atoms with Crippen LogP contribution >= 0.6 is 0 Å². The number of nitrogens with zero attached hydrogens (tertiary/aromatic N) is 2. The molecule has 2 heterocycles. The number of piperazine rings is 1. The lowest BCUT2D eigenvalue weighted by Gasteiger charge is -2.42. The summed E-state index contributed by atoms with van der Waals surface area (Å²) in [5.41, 5.74) is -2.26. The van der Waals surface area contributed by atoms with Gasteiger partial charge in [-0.05, 0) is 54.2 Å². The monoisotopic (exact) mass is 679 g/mol. The first kappa shape index (κ1) is 35.4. The van der Waals surface area contributed by atoms with Gasteiger partial charge >= 0.3 is 12.4 Å². The number of rotatable bonds is 9. The van der Waals surface area contributed by atoms with Gasteiger partial charge in [-0.1, -0.05) is 37.5 Å². The van der Waals surface area contributed by atoms with Crippen LogP contribution in [0.4, 0.5) is 26.3 Å². The van der Waals surface area contributed by atoms with Gasteiger partial charge in [-0.25, -0.2) is 0 Å². The third-order valence-corrected chi connectivity index (χ3v) is 9.31. The molecule has 3 N–H and O–H groups in total. The van der Waals surface area contributed by atoms with Gasteiger partial charge in [-0.2, -0.15) is 26.3 Å². The quantitative estimate of drug-likeness (QED) is 0.254. The smallest absolute Gasteiger partial charge is 0.361 e. The molecule has 2 unspecified atom stereocenters. The summed E-state index contributed by atoms with van der Waals surface area (Å²) in [5, 5.41) is 6.92. The van der Waals surface area contributed by atoms with E-state index in [2.05, 4.69) is 20.5 Å². The zero-order valence-electron chi connectivity index (χ0n) is 26.5. The van der Waals surface area contributed by atoms with Crippen molar-refractivity contribution in [1.82, 2.24) is 25.4 Å². The van der Waals surface area contributed by atoms with Gasteiger partial charge in [0.25, 0.3) is 5.91 Å².